The maximum atomic E-state index is 13.2. The van der Waals surface area contributed by atoms with Gasteiger partial charge < -0.3 is 9.47 Å². The summed E-state index contributed by atoms with van der Waals surface area (Å²) in [7, 11) is 0. The predicted octanol–water partition coefficient (Wildman–Crippen LogP) is 4.27. The third kappa shape index (κ3) is 2.95. The lowest BCUT2D eigenvalue weighted by molar-refractivity contribution is -0.130. The molecule has 2 atom stereocenters. The summed E-state index contributed by atoms with van der Waals surface area (Å²) in [6.07, 6.45) is -3.83. The molecule has 1 aliphatic rings. The van der Waals surface area contributed by atoms with E-state index >= 15 is 0 Å². The van der Waals surface area contributed by atoms with Gasteiger partial charge in [-0.2, -0.15) is 8.78 Å². The van der Waals surface area contributed by atoms with Gasteiger partial charge >= 0.3 is 12.3 Å². The molecule has 0 radical (unpaired) electrons. The van der Waals surface area contributed by atoms with Crippen LogP contribution in [-0.4, -0.2) is 25.6 Å². The molecule has 0 aromatic heterocycles. The van der Waals surface area contributed by atoms with E-state index in [1.54, 1.807) is 0 Å². The Morgan fingerprint density at radius 1 is 1.20 bits per heavy atom. The van der Waals surface area contributed by atoms with Crippen LogP contribution in [0.1, 0.15) is 17.9 Å². The third-order valence-corrected chi connectivity index (χ3v) is 3.48. The van der Waals surface area contributed by atoms with Crippen LogP contribution < -0.4 is 9.47 Å². The van der Waals surface area contributed by atoms with Crippen LogP contribution in [0.4, 0.5) is 17.6 Å². The van der Waals surface area contributed by atoms with Crippen molar-refractivity contribution in [1.29, 1.82) is 0 Å². The molecule has 0 saturated carbocycles. The Morgan fingerprint density at radius 2 is 1.80 bits per heavy atom. The Kier molecular flexibility index (Phi) is 4.32. The van der Waals surface area contributed by atoms with Gasteiger partial charge in [0.25, 0.3) is 0 Å². The van der Waals surface area contributed by atoms with Crippen LogP contribution in [0.5, 0.6) is 11.5 Å². The molecule has 1 heterocycles. The largest absolute Gasteiger partial charge is 0.489 e. The van der Waals surface area contributed by atoms with E-state index in [-0.39, 0.29) is 17.2 Å². The van der Waals surface area contributed by atoms with Gasteiger partial charge in [-0.3, -0.25) is 0 Å². The lowest BCUT2D eigenvalue weighted by Gasteiger charge is -2.22. The highest BCUT2D eigenvalue weighted by molar-refractivity contribution is 6.21. The second-order valence-electron chi connectivity index (χ2n) is 4.77. The fraction of sp³-hybridized carbons (Fsp3) is 0.538. The van der Waals surface area contributed by atoms with Crippen molar-refractivity contribution in [1.82, 2.24) is 0 Å². The summed E-state index contributed by atoms with van der Waals surface area (Å²) < 4.78 is 62.0. The van der Waals surface area contributed by atoms with Crippen molar-refractivity contribution < 1.29 is 27.0 Å². The normalized spacial score (nSPS) is 20.6. The highest BCUT2D eigenvalue weighted by atomic mass is 35.5. The average Bonchev–Trinajstić information content (AvgIpc) is 2.59. The van der Waals surface area contributed by atoms with Crippen LogP contribution in [0, 0.1) is 5.92 Å². The van der Waals surface area contributed by atoms with E-state index in [2.05, 4.69) is 0 Å². The Morgan fingerprint density at radius 3 is 2.40 bits per heavy atom. The van der Waals surface area contributed by atoms with Crippen LogP contribution in [0.3, 0.4) is 0 Å². The molecule has 0 spiro atoms. The SMILES string of the molecule is CC1COc2ccc(C(Cl)C(F)(F)C(F)F)cc2OC1. The predicted molar refractivity (Wildman–Crippen MR) is 66.1 cm³/mol. The standard InChI is InChI=1S/C13H13ClF4O2/c1-7-5-19-9-3-2-8(4-10(9)20-6-7)11(14)13(17,18)12(15)16/h2-4,7,11-12H,5-6H2,1H3. The third-order valence-electron chi connectivity index (χ3n) is 2.94. The molecule has 1 aromatic carbocycles. The maximum Gasteiger partial charge on any atom is 0.327 e. The summed E-state index contributed by atoms with van der Waals surface area (Å²) in [5.41, 5.74) is -0.131. The van der Waals surface area contributed by atoms with Gasteiger partial charge in [-0.1, -0.05) is 13.0 Å². The van der Waals surface area contributed by atoms with Gasteiger partial charge in [0.15, 0.2) is 11.5 Å². The topological polar surface area (TPSA) is 18.5 Å². The van der Waals surface area contributed by atoms with Gasteiger partial charge in [0.05, 0.1) is 13.2 Å². The van der Waals surface area contributed by atoms with Crippen molar-refractivity contribution in [2.45, 2.75) is 24.6 Å². The molecule has 1 aliphatic heterocycles. The van der Waals surface area contributed by atoms with E-state index in [1.165, 1.54) is 18.2 Å². The highest BCUT2D eigenvalue weighted by Gasteiger charge is 2.48. The second-order valence-corrected chi connectivity index (χ2v) is 5.21. The zero-order chi connectivity index (χ0) is 14.9. The molecule has 20 heavy (non-hydrogen) atoms. The summed E-state index contributed by atoms with van der Waals surface area (Å²) in [5.74, 6) is -3.54. The van der Waals surface area contributed by atoms with Crippen molar-refractivity contribution in [2.75, 3.05) is 13.2 Å². The summed E-state index contributed by atoms with van der Waals surface area (Å²) in [6.45, 7) is 2.70. The molecule has 0 N–H and O–H groups in total. The first kappa shape index (κ1) is 15.2. The van der Waals surface area contributed by atoms with E-state index in [0.717, 1.165) is 0 Å². The van der Waals surface area contributed by atoms with Gasteiger partial charge in [0.2, 0.25) is 0 Å². The molecule has 7 heteroatoms. The van der Waals surface area contributed by atoms with Crippen LogP contribution in [0.2, 0.25) is 0 Å². The summed E-state index contributed by atoms with van der Waals surface area (Å²) in [5, 5.41) is -2.13. The molecule has 2 nitrogen and oxygen atoms in total. The summed E-state index contributed by atoms with van der Waals surface area (Å²) in [4.78, 5) is 0. The first-order chi connectivity index (χ1) is 9.32. The molecule has 0 fully saturated rings. The lowest BCUT2D eigenvalue weighted by Crippen LogP contribution is -2.31. The quantitative estimate of drug-likeness (QED) is 0.613. The van der Waals surface area contributed by atoms with E-state index in [9.17, 15) is 17.6 Å². The molecule has 0 saturated heterocycles. The molecule has 1 aromatic rings. The van der Waals surface area contributed by atoms with Crippen LogP contribution in [-0.2, 0) is 0 Å². The number of hydrogen-bond acceptors (Lipinski definition) is 2. The molecular weight excluding hydrogens is 300 g/mol. The fourth-order valence-corrected chi connectivity index (χ4v) is 1.99. The molecule has 0 amide bonds. The van der Waals surface area contributed by atoms with Crippen LogP contribution in [0.25, 0.3) is 0 Å². The second kappa shape index (κ2) is 5.68. The van der Waals surface area contributed by atoms with Crippen molar-refractivity contribution in [2.24, 2.45) is 5.92 Å². The minimum Gasteiger partial charge on any atom is -0.489 e. The molecule has 112 valence electrons. The Labute approximate surface area is 118 Å². The van der Waals surface area contributed by atoms with Gasteiger partial charge in [0, 0.05) is 5.92 Å². The number of alkyl halides is 5. The summed E-state index contributed by atoms with van der Waals surface area (Å²) in [6, 6.07) is 3.87. The monoisotopic (exact) mass is 312 g/mol. The fourth-order valence-electron chi connectivity index (χ4n) is 1.76. The highest BCUT2D eigenvalue weighted by Crippen LogP contribution is 2.43. The number of rotatable bonds is 3. The van der Waals surface area contributed by atoms with Crippen molar-refractivity contribution in [3.05, 3.63) is 23.8 Å². The smallest absolute Gasteiger partial charge is 0.327 e. The zero-order valence-corrected chi connectivity index (χ0v) is 11.3. The lowest BCUT2D eigenvalue weighted by atomic mass is 10.1. The zero-order valence-electron chi connectivity index (χ0n) is 10.6. The van der Waals surface area contributed by atoms with E-state index in [0.29, 0.717) is 19.0 Å². The van der Waals surface area contributed by atoms with E-state index in [1.807, 2.05) is 6.92 Å². The van der Waals surface area contributed by atoms with Crippen molar-refractivity contribution in [3.63, 3.8) is 0 Å². The van der Waals surface area contributed by atoms with Crippen molar-refractivity contribution >= 4 is 11.6 Å². The molecular formula is C13H13ClF4O2. The first-order valence-electron chi connectivity index (χ1n) is 6.02. The van der Waals surface area contributed by atoms with E-state index in [4.69, 9.17) is 21.1 Å². The summed E-state index contributed by atoms with van der Waals surface area (Å²) >= 11 is 5.48. The minimum atomic E-state index is -4.31. The Bertz CT molecular complexity index is 481. The van der Waals surface area contributed by atoms with E-state index < -0.39 is 17.7 Å². The van der Waals surface area contributed by atoms with Gasteiger partial charge in [-0.25, -0.2) is 8.78 Å². The molecule has 2 rings (SSSR count). The van der Waals surface area contributed by atoms with Crippen LogP contribution >= 0.6 is 11.6 Å². The first-order valence-corrected chi connectivity index (χ1v) is 6.45. The van der Waals surface area contributed by atoms with Gasteiger partial charge in [-0.15, -0.1) is 11.6 Å². The number of ether oxygens (including phenoxy) is 2. The number of fused-ring (bicyclic) bond motifs is 1. The molecule has 2 unspecified atom stereocenters. The average molecular weight is 313 g/mol. The minimum absolute atomic E-state index is 0.131. The van der Waals surface area contributed by atoms with Crippen molar-refractivity contribution in [3.8, 4) is 11.5 Å². The molecule has 0 aliphatic carbocycles. The Hall–Kier alpha value is -1.17. The van der Waals surface area contributed by atoms with Crippen LogP contribution in [0.15, 0.2) is 18.2 Å². The Balaban J connectivity index is 2.27. The van der Waals surface area contributed by atoms with Gasteiger partial charge in [0.1, 0.15) is 5.38 Å². The number of halogens is 5. The maximum absolute atomic E-state index is 13.2. The number of benzene rings is 1. The number of hydrogen-bond donors (Lipinski definition) is 0. The van der Waals surface area contributed by atoms with Gasteiger partial charge in [-0.05, 0) is 17.7 Å². The molecule has 0 bridgehead atoms.